The molecule has 0 spiro atoms. The Morgan fingerprint density at radius 1 is 0.741 bits per heavy atom. The molecule has 54 heavy (non-hydrogen) atoms. The second-order valence-electron chi connectivity index (χ2n) is 15.5. The molecule has 4 atom stereocenters. The van der Waals surface area contributed by atoms with Gasteiger partial charge in [0.05, 0.1) is 19.2 Å². The van der Waals surface area contributed by atoms with Crippen molar-refractivity contribution in [2.24, 2.45) is 21.8 Å². The zero-order chi connectivity index (χ0) is 38.7. The standard InChI is InChI=1S/C43H52N6O5/c1-25(2)39(46-28(6)50)41(51)48-18-8-9-37(48)35-20-33(22-44-35)31-14-10-29(11-15-31)30-12-16-32(17-13-30)34-21-36(45-23-34)38-19-27(5)24-49(38)42(52)40(26(3)4)47-43(53)54-7/h10-17,19,22-23,25-26,37-40H,8-9,18,20-21,24H2,1-7H3,(H,46,50)(H,47,53)/t37-,38-,39-,40-/m0/s1. The van der Waals surface area contributed by atoms with E-state index in [1.165, 1.54) is 14.0 Å². The monoisotopic (exact) mass is 732 g/mol. The summed E-state index contributed by atoms with van der Waals surface area (Å²) in [7, 11) is 1.29. The topological polar surface area (TPSA) is 133 Å². The van der Waals surface area contributed by atoms with Crippen molar-refractivity contribution >= 4 is 46.4 Å². The summed E-state index contributed by atoms with van der Waals surface area (Å²) < 4.78 is 4.77. The molecule has 284 valence electrons. The first kappa shape index (κ1) is 38.4. The van der Waals surface area contributed by atoms with Crippen LogP contribution in [0.5, 0.6) is 0 Å². The van der Waals surface area contributed by atoms with Gasteiger partial charge in [0, 0.05) is 56.7 Å². The fourth-order valence-corrected chi connectivity index (χ4v) is 7.82. The minimum Gasteiger partial charge on any atom is -0.453 e. The van der Waals surface area contributed by atoms with Crippen molar-refractivity contribution in [3.63, 3.8) is 0 Å². The van der Waals surface area contributed by atoms with Crippen molar-refractivity contribution in [3.8, 4) is 11.1 Å². The number of allylic oxidation sites excluding steroid dienone is 2. The van der Waals surface area contributed by atoms with Gasteiger partial charge in [-0.25, -0.2) is 4.79 Å². The molecule has 0 aromatic heterocycles. The van der Waals surface area contributed by atoms with Crippen LogP contribution in [0.15, 0.2) is 82.6 Å². The molecule has 2 aromatic rings. The number of ether oxygens (including phenoxy) is 1. The van der Waals surface area contributed by atoms with Crippen LogP contribution in [-0.4, -0.2) is 89.4 Å². The molecule has 2 N–H and O–H groups in total. The predicted molar refractivity (Wildman–Crippen MR) is 213 cm³/mol. The third kappa shape index (κ3) is 8.25. The number of amides is 4. The van der Waals surface area contributed by atoms with E-state index in [1.54, 1.807) is 4.90 Å². The van der Waals surface area contributed by atoms with Gasteiger partial charge in [0.25, 0.3) is 0 Å². The molecule has 2 aromatic carbocycles. The van der Waals surface area contributed by atoms with Crippen LogP contribution in [0.1, 0.15) is 78.4 Å². The molecule has 4 amide bonds. The van der Waals surface area contributed by atoms with Crippen LogP contribution in [0.25, 0.3) is 22.3 Å². The van der Waals surface area contributed by atoms with Gasteiger partial charge in [-0.15, -0.1) is 0 Å². The van der Waals surface area contributed by atoms with Crippen LogP contribution in [-0.2, 0) is 19.1 Å². The lowest BCUT2D eigenvalue weighted by atomic mass is 9.94. The lowest BCUT2D eigenvalue weighted by molar-refractivity contribution is -0.137. The van der Waals surface area contributed by atoms with Crippen molar-refractivity contribution < 1.29 is 23.9 Å². The molecule has 1 fully saturated rings. The summed E-state index contributed by atoms with van der Waals surface area (Å²) in [5.74, 6) is -0.490. The van der Waals surface area contributed by atoms with E-state index in [9.17, 15) is 19.2 Å². The molecule has 0 bridgehead atoms. The fraction of sp³-hybridized carbons (Fsp3) is 0.442. The number of alkyl carbamates (subject to hydrolysis) is 1. The highest BCUT2D eigenvalue weighted by Gasteiger charge is 2.39. The highest BCUT2D eigenvalue weighted by molar-refractivity contribution is 6.06. The summed E-state index contributed by atoms with van der Waals surface area (Å²) in [6, 6.07) is 15.4. The minimum absolute atomic E-state index is 0.00486. The van der Waals surface area contributed by atoms with E-state index in [0.717, 1.165) is 63.2 Å². The maximum atomic E-state index is 13.7. The van der Waals surface area contributed by atoms with Crippen molar-refractivity contribution in [3.05, 3.63) is 83.7 Å². The number of aliphatic imine (C=N–C) groups is 2. The molecule has 0 unspecified atom stereocenters. The second kappa shape index (κ2) is 16.4. The Morgan fingerprint density at radius 2 is 1.24 bits per heavy atom. The number of likely N-dealkylation sites (tertiary alicyclic amines) is 1. The van der Waals surface area contributed by atoms with Gasteiger partial charge in [-0.3, -0.25) is 24.4 Å². The number of benzene rings is 2. The zero-order valence-corrected chi connectivity index (χ0v) is 32.4. The van der Waals surface area contributed by atoms with Crippen molar-refractivity contribution in [2.45, 2.75) is 91.4 Å². The van der Waals surface area contributed by atoms with Gasteiger partial charge in [-0.1, -0.05) is 87.9 Å². The first-order valence-corrected chi connectivity index (χ1v) is 19.0. The zero-order valence-electron chi connectivity index (χ0n) is 32.4. The molecular formula is C43H52N6O5. The Kier molecular flexibility index (Phi) is 11.6. The molecule has 11 nitrogen and oxygen atoms in total. The van der Waals surface area contributed by atoms with Crippen LogP contribution < -0.4 is 10.6 Å². The first-order chi connectivity index (χ1) is 25.8. The van der Waals surface area contributed by atoms with E-state index < -0.39 is 18.2 Å². The van der Waals surface area contributed by atoms with Gasteiger partial charge in [-0.05, 0) is 65.0 Å². The summed E-state index contributed by atoms with van der Waals surface area (Å²) in [5, 5.41) is 5.56. The Hall–Kier alpha value is -5.32. The third-order valence-electron chi connectivity index (χ3n) is 10.8. The van der Waals surface area contributed by atoms with Crippen molar-refractivity contribution in [1.82, 2.24) is 20.4 Å². The van der Waals surface area contributed by atoms with Crippen LogP contribution in [0.3, 0.4) is 0 Å². The fourth-order valence-electron chi connectivity index (χ4n) is 7.82. The largest absolute Gasteiger partial charge is 0.453 e. The van der Waals surface area contributed by atoms with E-state index >= 15 is 0 Å². The summed E-state index contributed by atoms with van der Waals surface area (Å²) in [4.78, 5) is 64.2. The minimum atomic E-state index is -0.698. The Balaban J connectivity index is 1.05. The molecule has 1 saturated heterocycles. The average Bonchev–Trinajstić information content (AvgIpc) is 3.99. The molecular weight excluding hydrogens is 681 g/mol. The maximum absolute atomic E-state index is 13.7. The Morgan fingerprint density at radius 3 is 1.78 bits per heavy atom. The van der Waals surface area contributed by atoms with Gasteiger partial charge < -0.3 is 25.2 Å². The number of methoxy groups -OCH3 is 1. The van der Waals surface area contributed by atoms with Gasteiger partial charge in [-0.2, -0.15) is 0 Å². The van der Waals surface area contributed by atoms with E-state index in [4.69, 9.17) is 14.7 Å². The van der Waals surface area contributed by atoms with Crippen LogP contribution in [0, 0.1) is 11.8 Å². The third-order valence-corrected chi connectivity index (χ3v) is 10.8. The lowest BCUT2D eigenvalue weighted by Gasteiger charge is -2.31. The molecule has 4 aliphatic rings. The molecule has 0 radical (unpaired) electrons. The number of carbonyl (C=O) groups is 4. The van der Waals surface area contributed by atoms with Gasteiger partial charge in [0.2, 0.25) is 17.7 Å². The quantitative estimate of drug-likeness (QED) is 0.258. The summed E-state index contributed by atoms with van der Waals surface area (Å²) in [6.45, 7) is 12.4. The molecule has 0 saturated carbocycles. The van der Waals surface area contributed by atoms with Gasteiger partial charge >= 0.3 is 6.09 Å². The van der Waals surface area contributed by atoms with E-state index in [0.29, 0.717) is 25.9 Å². The van der Waals surface area contributed by atoms with E-state index in [2.05, 4.69) is 65.2 Å². The van der Waals surface area contributed by atoms with Crippen molar-refractivity contribution in [2.75, 3.05) is 20.2 Å². The van der Waals surface area contributed by atoms with Gasteiger partial charge in [0.1, 0.15) is 12.1 Å². The smallest absolute Gasteiger partial charge is 0.407 e. The number of hydrogen-bond donors (Lipinski definition) is 2. The second-order valence-corrected chi connectivity index (χ2v) is 15.5. The average molecular weight is 733 g/mol. The highest BCUT2D eigenvalue weighted by atomic mass is 16.5. The molecule has 11 heteroatoms. The van der Waals surface area contributed by atoms with E-state index in [-0.39, 0.29) is 41.6 Å². The molecule has 4 heterocycles. The molecule has 4 aliphatic heterocycles. The van der Waals surface area contributed by atoms with E-state index in [1.807, 2.05) is 51.9 Å². The Bertz CT molecular complexity index is 1940. The summed E-state index contributed by atoms with van der Waals surface area (Å²) in [6.07, 6.45) is 8.41. The van der Waals surface area contributed by atoms with Crippen LogP contribution in [0.2, 0.25) is 0 Å². The predicted octanol–water partition coefficient (Wildman–Crippen LogP) is 6.41. The molecule has 0 aliphatic carbocycles. The Labute approximate surface area is 318 Å². The number of rotatable bonds is 11. The highest BCUT2D eigenvalue weighted by Crippen LogP contribution is 2.34. The molecule has 6 rings (SSSR count). The number of nitrogens with one attached hydrogen (secondary N) is 2. The number of carbonyl (C=O) groups excluding carboxylic acids is 4. The number of nitrogens with zero attached hydrogens (tertiary/aromatic N) is 4. The van der Waals surface area contributed by atoms with Gasteiger partial charge in [0.15, 0.2) is 0 Å². The summed E-state index contributed by atoms with van der Waals surface area (Å²) in [5.41, 5.74) is 9.60. The first-order valence-electron chi connectivity index (χ1n) is 19.0. The van der Waals surface area contributed by atoms with Crippen LogP contribution in [0.4, 0.5) is 4.79 Å². The maximum Gasteiger partial charge on any atom is 0.407 e. The normalized spacial score (nSPS) is 20.6. The SMILES string of the molecule is COC(=O)N[C@H](C(=O)N1CC(C)=C[C@H]1C1=NC=C(c2ccc(-c3ccc(C4=CN=C([C@@H]5CCCN5C(=O)[C@@H](NC(C)=O)C(C)C)C4)cc3)cc2)C1)C(C)C. The van der Waals surface area contributed by atoms with Crippen molar-refractivity contribution in [1.29, 1.82) is 0 Å². The summed E-state index contributed by atoms with van der Waals surface area (Å²) >= 11 is 0. The number of hydrogen-bond acceptors (Lipinski definition) is 7. The lowest BCUT2D eigenvalue weighted by Crippen LogP contribution is -2.54. The van der Waals surface area contributed by atoms with Crippen LogP contribution >= 0.6 is 0 Å².